The first-order chi connectivity index (χ1) is 18.0. The van der Waals surface area contributed by atoms with E-state index in [1.807, 2.05) is 25.1 Å². The second-order valence-corrected chi connectivity index (χ2v) is 10.8. The number of benzene rings is 3. The summed E-state index contributed by atoms with van der Waals surface area (Å²) in [5.41, 5.74) is 3.16. The zero-order valence-corrected chi connectivity index (χ0v) is 21.1. The minimum Gasteiger partial charge on any atom is -0.281 e. The van der Waals surface area contributed by atoms with E-state index < -0.39 is 43.2 Å². The molecule has 39 heavy (non-hydrogen) atoms. The molecule has 6 nitrogen and oxygen atoms in total. The van der Waals surface area contributed by atoms with Crippen LogP contribution in [-0.2, 0) is 22.6 Å². The lowest BCUT2D eigenvalue weighted by molar-refractivity contribution is -0.316. The number of rotatable bonds is 6. The molecule has 0 atom stereocenters. The van der Waals surface area contributed by atoms with Gasteiger partial charge in [0.15, 0.2) is 0 Å². The lowest BCUT2D eigenvalue weighted by atomic mass is 10.0. The predicted octanol–water partition coefficient (Wildman–Crippen LogP) is 6.66. The monoisotopic (exact) mass is 567 g/mol. The molecule has 1 N–H and O–H groups in total. The first-order valence-electron chi connectivity index (χ1n) is 11.4. The van der Waals surface area contributed by atoms with Crippen LogP contribution < -0.4 is 0 Å². The van der Waals surface area contributed by atoms with Crippen LogP contribution in [0, 0.1) is 13.8 Å². The molecule has 1 aromatic heterocycles. The van der Waals surface area contributed by atoms with Crippen molar-refractivity contribution in [2.75, 3.05) is 0 Å². The number of imidazole rings is 1. The molecule has 5 rings (SSSR count). The maximum absolute atomic E-state index is 15.5. The number of aromatic nitrogens is 2. The van der Waals surface area contributed by atoms with Gasteiger partial charge in [0, 0.05) is 12.0 Å². The van der Waals surface area contributed by atoms with Gasteiger partial charge in [0.25, 0.3) is 0 Å². The highest BCUT2D eigenvalue weighted by Gasteiger charge is 2.79. The highest BCUT2D eigenvalue weighted by molar-refractivity contribution is 7.87. The summed E-state index contributed by atoms with van der Waals surface area (Å²) in [6, 6.07) is 9.02. The Labute approximate surface area is 218 Å². The normalized spacial score (nSPS) is 14.5. The standard InChI is InChI=1S/C26H19F6N3O3S/c1-14-6-8-19-18(10-14)13-20(33-19)16-4-3-5-17(12-16)23-34-21-11-15(2)7-9-22(21)35(23)25(29,30)24(27,28)26(31,32)39(36,37)38/h3-12H,13H2,1-2H3,(H,36,37,38). The van der Waals surface area contributed by atoms with E-state index in [0.717, 1.165) is 17.2 Å². The highest BCUT2D eigenvalue weighted by Crippen LogP contribution is 2.52. The molecule has 0 saturated carbocycles. The second kappa shape index (κ2) is 8.65. The number of fused-ring (bicyclic) bond motifs is 2. The molecule has 0 spiro atoms. The van der Waals surface area contributed by atoms with Crippen molar-refractivity contribution >= 4 is 32.6 Å². The van der Waals surface area contributed by atoms with Gasteiger partial charge in [0.1, 0.15) is 5.82 Å². The number of halogens is 6. The highest BCUT2D eigenvalue weighted by atomic mass is 32.2. The third-order valence-electron chi connectivity index (χ3n) is 6.46. The molecular weight excluding hydrogens is 548 g/mol. The molecule has 204 valence electrons. The summed E-state index contributed by atoms with van der Waals surface area (Å²) >= 11 is 0. The van der Waals surface area contributed by atoms with Crippen LogP contribution in [0.3, 0.4) is 0 Å². The molecule has 1 aliphatic heterocycles. The van der Waals surface area contributed by atoms with Crippen molar-refractivity contribution < 1.29 is 39.3 Å². The predicted molar refractivity (Wildman–Crippen MR) is 133 cm³/mol. The van der Waals surface area contributed by atoms with Crippen molar-refractivity contribution in [2.45, 2.75) is 37.5 Å². The molecule has 0 radical (unpaired) electrons. The number of alkyl halides is 6. The lowest BCUT2D eigenvalue weighted by Gasteiger charge is -2.32. The molecular formula is C26H19F6N3O3S. The fraction of sp³-hybridized carbons (Fsp3) is 0.231. The van der Waals surface area contributed by atoms with Crippen LogP contribution in [0.2, 0.25) is 0 Å². The van der Waals surface area contributed by atoms with Gasteiger partial charge in [-0.1, -0.05) is 42.0 Å². The SMILES string of the molecule is Cc1ccc2c(c1)CC(c1cccc(-c3nc4cc(C)ccc4n3C(F)(F)C(F)(F)C(F)(F)S(=O)(=O)O)c1)=N2. The Morgan fingerprint density at radius 1 is 0.872 bits per heavy atom. The van der Waals surface area contributed by atoms with E-state index in [2.05, 4.69) is 9.98 Å². The van der Waals surface area contributed by atoms with E-state index in [-0.39, 0.29) is 11.1 Å². The van der Waals surface area contributed by atoms with E-state index in [1.165, 1.54) is 30.3 Å². The summed E-state index contributed by atoms with van der Waals surface area (Å²) in [6.07, 6.45) is 0.408. The Bertz CT molecular complexity index is 1780. The first kappa shape index (κ1) is 26.9. The number of hydrogen-bond acceptors (Lipinski definition) is 4. The molecule has 0 amide bonds. The average molecular weight is 568 g/mol. The Kier molecular flexibility index (Phi) is 5.96. The minimum absolute atomic E-state index is 0.137. The fourth-order valence-corrected chi connectivity index (χ4v) is 4.93. The maximum atomic E-state index is 15.5. The molecule has 13 heteroatoms. The van der Waals surface area contributed by atoms with Crippen LogP contribution in [0.15, 0.2) is 65.7 Å². The number of aliphatic imine (C=N–C) groups is 1. The Hall–Kier alpha value is -3.71. The molecule has 0 fully saturated rings. The van der Waals surface area contributed by atoms with Gasteiger partial charge in [-0.05, 0) is 54.8 Å². The Morgan fingerprint density at radius 3 is 2.21 bits per heavy atom. The van der Waals surface area contributed by atoms with Crippen molar-refractivity contribution in [2.24, 2.45) is 4.99 Å². The summed E-state index contributed by atoms with van der Waals surface area (Å²) < 4.78 is 119. The summed E-state index contributed by atoms with van der Waals surface area (Å²) in [6.45, 7) is 3.49. The molecule has 0 bridgehead atoms. The van der Waals surface area contributed by atoms with Crippen molar-refractivity contribution in [1.29, 1.82) is 0 Å². The van der Waals surface area contributed by atoms with Crippen molar-refractivity contribution in [3.8, 4) is 11.4 Å². The van der Waals surface area contributed by atoms with E-state index >= 15 is 8.78 Å². The summed E-state index contributed by atoms with van der Waals surface area (Å²) in [5.74, 6) is -7.40. The van der Waals surface area contributed by atoms with Gasteiger partial charge in [0.05, 0.1) is 22.4 Å². The van der Waals surface area contributed by atoms with Crippen molar-refractivity contribution in [3.63, 3.8) is 0 Å². The van der Waals surface area contributed by atoms with Gasteiger partial charge < -0.3 is 0 Å². The van der Waals surface area contributed by atoms with E-state index in [4.69, 9.17) is 4.55 Å². The van der Waals surface area contributed by atoms with Gasteiger partial charge in [-0.2, -0.15) is 34.8 Å². The largest absolute Gasteiger partial charge is 0.440 e. The van der Waals surface area contributed by atoms with E-state index in [0.29, 0.717) is 28.9 Å². The Morgan fingerprint density at radius 2 is 1.51 bits per heavy atom. The lowest BCUT2D eigenvalue weighted by Crippen LogP contribution is -2.58. The van der Waals surface area contributed by atoms with Crippen molar-refractivity contribution in [3.05, 3.63) is 82.9 Å². The zero-order chi connectivity index (χ0) is 28.5. The minimum atomic E-state index is -6.93. The van der Waals surface area contributed by atoms with Gasteiger partial charge in [-0.3, -0.25) is 14.1 Å². The zero-order valence-electron chi connectivity index (χ0n) is 20.3. The van der Waals surface area contributed by atoms with Gasteiger partial charge in [-0.25, -0.2) is 4.98 Å². The molecule has 2 heterocycles. The van der Waals surface area contributed by atoms with Crippen LogP contribution in [0.1, 0.15) is 22.3 Å². The van der Waals surface area contributed by atoms with E-state index in [9.17, 15) is 26.0 Å². The van der Waals surface area contributed by atoms with Gasteiger partial charge in [-0.15, -0.1) is 0 Å². The van der Waals surface area contributed by atoms with Crippen LogP contribution in [0.4, 0.5) is 32.0 Å². The van der Waals surface area contributed by atoms with E-state index in [1.54, 1.807) is 13.0 Å². The second-order valence-electron chi connectivity index (χ2n) is 9.32. The summed E-state index contributed by atoms with van der Waals surface area (Å²) in [5, 5.41) is -6.52. The molecule has 0 saturated heterocycles. The van der Waals surface area contributed by atoms with Crippen LogP contribution in [0.25, 0.3) is 22.4 Å². The first-order valence-corrected chi connectivity index (χ1v) is 12.9. The topological polar surface area (TPSA) is 84.5 Å². The summed E-state index contributed by atoms with van der Waals surface area (Å²) in [7, 11) is -6.93. The third-order valence-corrected chi connectivity index (χ3v) is 7.36. The summed E-state index contributed by atoms with van der Waals surface area (Å²) in [4.78, 5) is 8.59. The van der Waals surface area contributed by atoms with Gasteiger partial charge >= 0.3 is 27.3 Å². The maximum Gasteiger partial charge on any atom is 0.440 e. The quantitative estimate of drug-likeness (QED) is 0.209. The molecule has 1 aliphatic rings. The average Bonchev–Trinajstić information content (AvgIpc) is 3.44. The third kappa shape index (κ3) is 4.11. The Balaban J connectivity index is 1.70. The van der Waals surface area contributed by atoms with Gasteiger partial charge in [0.2, 0.25) is 0 Å². The fourth-order valence-electron chi connectivity index (χ4n) is 4.48. The molecule has 0 aliphatic carbocycles. The van der Waals surface area contributed by atoms with Crippen molar-refractivity contribution in [1.82, 2.24) is 9.55 Å². The van der Waals surface area contributed by atoms with Crippen LogP contribution in [0.5, 0.6) is 0 Å². The molecule has 0 unspecified atom stereocenters. The number of nitrogens with zero attached hydrogens (tertiary/aromatic N) is 3. The molecule has 3 aromatic carbocycles. The number of aryl methyl sites for hydroxylation is 2. The molecule has 4 aromatic rings. The number of hydrogen-bond donors (Lipinski definition) is 1. The van der Waals surface area contributed by atoms with Crippen LogP contribution in [-0.4, -0.2) is 39.4 Å². The van der Waals surface area contributed by atoms with Crippen LogP contribution >= 0.6 is 0 Å². The smallest absolute Gasteiger partial charge is 0.281 e.